The highest BCUT2D eigenvalue weighted by molar-refractivity contribution is 4.79. The molecule has 0 rings (SSSR count). The molecule has 50 valence electrons. The van der Waals surface area contributed by atoms with Crippen LogP contribution in [0.1, 0.15) is 13.8 Å². The number of nitrogens with two attached hydrogens (primary N) is 1. The maximum absolute atomic E-state index is 12.5. The second-order valence-electron chi connectivity index (χ2n) is 2.35. The maximum Gasteiger partial charge on any atom is 0.122 e. The monoisotopic (exact) mass is 121 g/mol. The van der Waals surface area contributed by atoms with Crippen LogP contribution in [0.3, 0.4) is 0 Å². The molecular formula is C5H12FNO. The van der Waals surface area contributed by atoms with E-state index in [1.807, 2.05) is 0 Å². The topological polar surface area (TPSA) is 46.2 Å². The van der Waals surface area contributed by atoms with Gasteiger partial charge in [0.05, 0.1) is 12.6 Å². The van der Waals surface area contributed by atoms with Crippen molar-refractivity contribution >= 4 is 0 Å². The van der Waals surface area contributed by atoms with Gasteiger partial charge in [-0.3, -0.25) is 0 Å². The third-order valence-corrected chi connectivity index (χ3v) is 1.08. The Labute approximate surface area is 48.5 Å². The van der Waals surface area contributed by atoms with Gasteiger partial charge in [0.2, 0.25) is 0 Å². The number of aliphatic hydroxyl groups excluding tert-OH is 1. The maximum atomic E-state index is 12.5. The van der Waals surface area contributed by atoms with E-state index in [2.05, 4.69) is 0 Å². The molecule has 0 heterocycles. The third kappa shape index (κ3) is 2.23. The molecule has 1 atom stereocenters. The fourth-order valence-corrected chi connectivity index (χ4v) is 0.217. The van der Waals surface area contributed by atoms with Crippen molar-refractivity contribution in [3.63, 3.8) is 0 Å². The third-order valence-electron chi connectivity index (χ3n) is 1.08. The van der Waals surface area contributed by atoms with Gasteiger partial charge in [-0.1, -0.05) is 0 Å². The van der Waals surface area contributed by atoms with E-state index < -0.39 is 11.7 Å². The predicted molar refractivity (Wildman–Crippen MR) is 30.2 cm³/mol. The Bertz CT molecular complexity index is 69.3. The minimum Gasteiger partial charge on any atom is -0.395 e. The van der Waals surface area contributed by atoms with Gasteiger partial charge in [-0.05, 0) is 13.8 Å². The average molecular weight is 121 g/mol. The molecule has 0 aliphatic rings. The second kappa shape index (κ2) is 2.42. The summed E-state index contributed by atoms with van der Waals surface area (Å²) in [6.07, 6.45) is 0. The second-order valence-corrected chi connectivity index (χ2v) is 2.35. The summed E-state index contributed by atoms with van der Waals surface area (Å²) in [4.78, 5) is 0. The SMILES string of the molecule is CC(C)(F)[C@@H](N)CO. The molecule has 0 saturated carbocycles. The van der Waals surface area contributed by atoms with E-state index >= 15 is 0 Å². The lowest BCUT2D eigenvalue weighted by Gasteiger charge is -2.19. The van der Waals surface area contributed by atoms with Crippen LogP contribution in [0, 0.1) is 0 Å². The number of halogens is 1. The highest BCUT2D eigenvalue weighted by Crippen LogP contribution is 2.10. The van der Waals surface area contributed by atoms with Crippen LogP contribution in [0.4, 0.5) is 4.39 Å². The molecule has 0 saturated heterocycles. The van der Waals surface area contributed by atoms with Crippen molar-refractivity contribution in [1.29, 1.82) is 0 Å². The van der Waals surface area contributed by atoms with Gasteiger partial charge in [0.15, 0.2) is 0 Å². The molecule has 0 bridgehead atoms. The largest absolute Gasteiger partial charge is 0.395 e. The molecule has 0 amide bonds. The van der Waals surface area contributed by atoms with E-state index in [9.17, 15) is 4.39 Å². The Kier molecular flexibility index (Phi) is 2.37. The van der Waals surface area contributed by atoms with Crippen LogP contribution >= 0.6 is 0 Å². The molecule has 3 N–H and O–H groups in total. The zero-order chi connectivity index (χ0) is 6.78. The minimum absolute atomic E-state index is 0.302. The molecule has 0 unspecified atom stereocenters. The Hall–Kier alpha value is -0.150. The smallest absolute Gasteiger partial charge is 0.122 e. The van der Waals surface area contributed by atoms with E-state index in [1.54, 1.807) is 0 Å². The van der Waals surface area contributed by atoms with Crippen molar-refractivity contribution < 1.29 is 9.50 Å². The van der Waals surface area contributed by atoms with E-state index in [-0.39, 0.29) is 6.61 Å². The van der Waals surface area contributed by atoms with Crippen molar-refractivity contribution in [3.05, 3.63) is 0 Å². The normalized spacial score (nSPS) is 16.1. The molecule has 0 fully saturated rings. The van der Waals surface area contributed by atoms with Crippen molar-refractivity contribution in [1.82, 2.24) is 0 Å². The van der Waals surface area contributed by atoms with Gasteiger partial charge in [0.1, 0.15) is 5.67 Å². The van der Waals surface area contributed by atoms with Gasteiger partial charge < -0.3 is 10.8 Å². The first kappa shape index (κ1) is 7.85. The lowest BCUT2D eigenvalue weighted by Crippen LogP contribution is -2.42. The Balaban J connectivity index is 3.62. The van der Waals surface area contributed by atoms with Gasteiger partial charge in [-0.25, -0.2) is 4.39 Å². The van der Waals surface area contributed by atoms with Gasteiger partial charge in [0, 0.05) is 0 Å². The first-order valence-corrected chi connectivity index (χ1v) is 2.54. The highest BCUT2D eigenvalue weighted by atomic mass is 19.1. The first-order valence-electron chi connectivity index (χ1n) is 2.54. The summed E-state index contributed by atoms with van der Waals surface area (Å²) in [5.41, 5.74) is 3.66. The molecule has 2 nitrogen and oxygen atoms in total. The van der Waals surface area contributed by atoms with E-state index in [4.69, 9.17) is 10.8 Å². The van der Waals surface area contributed by atoms with Gasteiger partial charge >= 0.3 is 0 Å². The number of hydrogen-bond acceptors (Lipinski definition) is 2. The van der Waals surface area contributed by atoms with E-state index in [0.29, 0.717) is 0 Å². The molecule has 0 aromatic heterocycles. The van der Waals surface area contributed by atoms with Gasteiger partial charge in [-0.15, -0.1) is 0 Å². The molecule has 0 aliphatic carbocycles. The van der Waals surface area contributed by atoms with Crippen LogP contribution in [-0.2, 0) is 0 Å². The number of alkyl halides is 1. The molecule has 0 aliphatic heterocycles. The summed E-state index contributed by atoms with van der Waals surface area (Å²) in [5.74, 6) is 0. The lowest BCUT2D eigenvalue weighted by molar-refractivity contribution is 0.122. The first-order chi connectivity index (χ1) is 3.48. The quantitative estimate of drug-likeness (QED) is 0.542. The van der Waals surface area contributed by atoms with E-state index in [0.717, 1.165) is 0 Å². The average Bonchev–Trinajstić information content (AvgIpc) is 1.62. The molecular weight excluding hydrogens is 109 g/mol. The number of aliphatic hydroxyl groups is 1. The molecule has 8 heavy (non-hydrogen) atoms. The zero-order valence-electron chi connectivity index (χ0n) is 5.19. The Morgan fingerprint density at radius 1 is 1.75 bits per heavy atom. The summed E-state index contributed by atoms with van der Waals surface area (Å²) in [5, 5.41) is 8.31. The van der Waals surface area contributed by atoms with Crippen molar-refractivity contribution in [2.45, 2.75) is 25.6 Å². The van der Waals surface area contributed by atoms with Crippen LogP contribution in [0.15, 0.2) is 0 Å². The summed E-state index contributed by atoms with van der Waals surface area (Å²) in [7, 11) is 0. The molecule has 0 aromatic carbocycles. The molecule has 0 spiro atoms. The standard InChI is InChI=1S/C5H12FNO/c1-5(2,6)4(7)3-8/h4,8H,3,7H2,1-2H3/t4-/m0/s1. The van der Waals surface area contributed by atoms with Crippen molar-refractivity contribution in [2.24, 2.45) is 5.73 Å². The summed E-state index contributed by atoms with van der Waals surface area (Å²) < 4.78 is 12.5. The Morgan fingerprint density at radius 2 is 2.12 bits per heavy atom. The van der Waals surface area contributed by atoms with Crippen LogP contribution in [0.5, 0.6) is 0 Å². The zero-order valence-corrected chi connectivity index (χ0v) is 5.19. The van der Waals surface area contributed by atoms with Gasteiger partial charge in [0.25, 0.3) is 0 Å². The van der Waals surface area contributed by atoms with Crippen LogP contribution in [-0.4, -0.2) is 23.4 Å². The fraction of sp³-hybridized carbons (Fsp3) is 1.00. The summed E-state index contributed by atoms with van der Waals surface area (Å²) in [6.45, 7) is 2.38. The minimum atomic E-state index is -1.46. The summed E-state index contributed by atoms with van der Waals surface area (Å²) in [6, 6.07) is -0.762. The summed E-state index contributed by atoms with van der Waals surface area (Å²) >= 11 is 0. The highest BCUT2D eigenvalue weighted by Gasteiger charge is 2.23. The molecule has 0 radical (unpaired) electrons. The number of hydrogen-bond donors (Lipinski definition) is 2. The van der Waals surface area contributed by atoms with Crippen LogP contribution in [0.2, 0.25) is 0 Å². The fourth-order valence-electron chi connectivity index (χ4n) is 0.217. The Morgan fingerprint density at radius 3 is 2.12 bits per heavy atom. The van der Waals surface area contributed by atoms with Crippen LogP contribution in [0.25, 0.3) is 0 Å². The lowest BCUT2D eigenvalue weighted by atomic mass is 10.0. The number of rotatable bonds is 2. The van der Waals surface area contributed by atoms with Gasteiger partial charge in [-0.2, -0.15) is 0 Å². The predicted octanol–water partition coefficient (Wildman–Crippen LogP) is 0.0541. The van der Waals surface area contributed by atoms with Crippen LogP contribution < -0.4 is 5.73 Å². The molecule has 0 aromatic rings. The van der Waals surface area contributed by atoms with Crippen molar-refractivity contribution in [3.8, 4) is 0 Å². The molecule has 3 heteroatoms. The van der Waals surface area contributed by atoms with E-state index in [1.165, 1.54) is 13.8 Å². The van der Waals surface area contributed by atoms with Crippen molar-refractivity contribution in [2.75, 3.05) is 6.61 Å².